The molecule has 0 bridgehead atoms. The molecule has 1 fully saturated rings. The van der Waals surface area contributed by atoms with E-state index in [1.807, 2.05) is 6.07 Å². The topological polar surface area (TPSA) is 73.4 Å². The summed E-state index contributed by atoms with van der Waals surface area (Å²) in [6.45, 7) is 2.11. The van der Waals surface area contributed by atoms with E-state index >= 15 is 0 Å². The van der Waals surface area contributed by atoms with Crippen molar-refractivity contribution in [3.05, 3.63) is 29.8 Å². The maximum Gasteiger partial charge on any atom is 0.315 e. The molecule has 1 aromatic rings. The number of amides is 2. The summed E-state index contributed by atoms with van der Waals surface area (Å²) >= 11 is 0. The van der Waals surface area contributed by atoms with Crippen molar-refractivity contribution >= 4 is 6.03 Å². The zero-order valence-electron chi connectivity index (χ0n) is 10.3. The van der Waals surface area contributed by atoms with Crippen LogP contribution in [0.4, 0.5) is 4.79 Å². The maximum absolute atomic E-state index is 11.5. The van der Waals surface area contributed by atoms with Crippen LogP contribution in [-0.4, -0.2) is 30.3 Å². The summed E-state index contributed by atoms with van der Waals surface area (Å²) in [5.41, 5.74) is 0.879. The molecule has 0 aromatic heterocycles. The Hall–Kier alpha value is -1.75. The molecule has 1 aliphatic heterocycles. The SMILES string of the molecule is O=C(NCc1cccc(O)c1)NCC1CCCN1. The summed E-state index contributed by atoms with van der Waals surface area (Å²) in [4.78, 5) is 11.5. The Kier molecular flexibility index (Phi) is 4.41. The fraction of sp³-hybridized carbons (Fsp3) is 0.462. The molecule has 0 radical (unpaired) electrons. The van der Waals surface area contributed by atoms with Crippen molar-refractivity contribution in [2.45, 2.75) is 25.4 Å². The molecule has 5 nitrogen and oxygen atoms in total. The van der Waals surface area contributed by atoms with Crippen LogP contribution in [0.5, 0.6) is 5.75 Å². The van der Waals surface area contributed by atoms with Crippen LogP contribution in [-0.2, 0) is 6.54 Å². The van der Waals surface area contributed by atoms with Crippen molar-refractivity contribution in [3.63, 3.8) is 0 Å². The van der Waals surface area contributed by atoms with E-state index in [-0.39, 0.29) is 11.8 Å². The number of phenolic OH excluding ortho intramolecular Hbond substituents is 1. The van der Waals surface area contributed by atoms with E-state index in [0.29, 0.717) is 19.1 Å². The van der Waals surface area contributed by atoms with Gasteiger partial charge >= 0.3 is 6.03 Å². The van der Waals surface area contributed by atoms with Gasteiger partial charge in [-0.1, -0.05) is 12.1 Å². The van der Waals surface area contributed by atoms with Gasteiger partial charge in [0.25, 0.3) is 0 Å². The van der Waals surface area contributed by atoms with Gasteiger partial charge < -0.3 is 21.1 Å². The molecule has 1 saturated heterocycles. The Balaban J connectivity index is 1.68. The number of hydrogen-bond donors (Lipinski definition) is 4. The molecular formula is C13H19N3O2. The van der Waals surface area contributed by atoms with Crippen LogP contribution in [0.1, 0.15) is 18.4 Å². The summed E-state index contributed by atoms with van der Waals surface area (Å²) in [7, 11) is 0. The highest BCUT2D eigenvalue weighted by atomic mass is 16.3. The molecule has 0 aliphatic carbocycles. The van der Waals surface area contributed by atoms with Crippen molar-refractivity contribution in [2.75, 3.05) is 13.1 Å². The standard InChI is InChI=1S/C13H19N3O2/c17-12-5-1-3-10(7-12)8-15-13(18)16-9-11-4-2-6-14-11/h1,3,5,7,11,14,17H,2,4,6,8-9H2,(H2,15,16,18). The third-order valence-electron chi connectivity index (χ3n) is 3.04. The lowest BCUT2D eigenvalue weighted by atomic mass is 10.2. The number of benzene rings is 1. The number of nitrogens with one attached hydrogen (secondary N) is 3. The van der Waals surface area contributed by atoms with E-state index in [9.17, 15) is 9.90 Å². The molecule has 0 saturated carbocycles. The number of aromatic hydroxyl groups is 1. The van der Waals surface area contributed by atoms with Crippen molar-refractivity contribution < 1.29 is 9.90 Å². The van der Waals surface area contributed by atoms with Gasteiger partial charge in [0, 0.05) is 19.1 Å². The summed E-state index contributed by atoms with van der Waals surface area (Å²) in [6.07, 6.45) is 2.30. The van der Waals surface area contributed by atoms with Crippen molar-refractivity contribution in [2.24, 2.45) is 0 Å². The van der Waals surface area contributed by atoms with Crippen LogP contribution in [0.15, 0.2) is 24.3 Å². The number of phenols is 1. The second-order valence-corrected chi connectivity index (χ2v) is 4.53. The fourth-order valence-corrected chi connectivity index (χ4v) is 2.06. The third kappa shape index (κ3) is 3.92. The van der Waals surface area contributed by atoms with Crippen molar-refractivity contribution in [3.8, 4) is 5.75 Å². The molecule has 2 amide bonds. The first kappa shape index (κ1) is 12.7. The highest BCUT2D eigenvalue weighted by Gasteiger charge is 2.14. The summed E-state index contributed by atoms with van der Waals surface area (Å²) in [5, 5.41) is 18.2. The van der Waals surface area contributed by atoms with Crippen LogP contribution in [0, 0.1) is 0 Å². The Bertz CT molecular complexity index is 403. The minimum Gasteiger partial charge on any atom is -0.508 e. The average molecular weight is 249 g/mol. The first-order valence-electron chi connectivity index (χ1n) is 6.27. The predicted molar refractivity (Wildman–Crippen MR) is 69.4 cm³/mol. The first-order valence-corrected chi connectivity index (χ1v) is 6.27. The second-order valence-electron chi connectivity index (χ2n) is 4.53. The Morgan fingerprint density at radius 1 is 1.44 bits per heavy atom. The molecule has 4 N–H and O–H groups in total. The lowest BCUT2D eigenvalue weighted by Gasteiger charge is -2.12. The summed E-state index contributed by atoms with van der Waals surface area (Å²) in [6, 6.07) is 7.09. The van der Waals surface area contributed by atoms with Crippen LogP contribution in [0.3, 0.4) is 0 Å². The average Bonchev–Trinajstić information content (AvgIpc) is 2.87. The molecule has 1 unspecified atom stereocenters. The minimum absolute atomic E-state index is 0.174. The fourth-order valence-electron chi connectivity index (χ4n) is 2.06. The van der Waals surface area contributed by atoms with E-state index in [2.05, 4.69) is 16.0 Å². The van der Waals surface area contributed by atoms with Gasteiger partial charge in [-0.25, -0.2) is 4.79 Å². The Morgan fingerprint density at radius 2 is 2.33 bits per heavy atom. The number of rotatable bonds is 4. The molecule has 2 rings (SSSR count). The molecule has 5 heteroatoms. The van der Waals surface area contributed by atoms with Gasteiger partial charge in [0.15, 0.2) is 0 Å². The lowest BCUT2D eigenvalue weighted by molar-refractivity contribution is 0.239. The van der Waals surface area contributed by atoms with Crippen molar-refractivity contribution in [1.82, 2.24) is 16.0 Å². The van der Waals surface area contributed by atoms with E-state index in [1.165, 1.54) is 6.42 Å². The van der Waals surface area contributed by atoms with Gasteiger partial charge in [-0.3, -0.25) is 0 Å². The monoisotopic (exact) mass is 249 g/mol. The van der Waals surface area contributed by atoms with E-state index in [4.69, 9.17) is 0 Å². The number of carbonyl (C=O) groups is 1. The highest BCUT2D eigenvalue weighted by Crippen LogP contribution is 2.10. The summed E-state index contributed by atoms with van der Waals surface area (Å²) < 4.78 is 0. The molecule has 0 spiro atoms. The maximum atomic E-state index is 11.5. The molecule has 1 heterocycles. The Labute approximate surface area is 107 Å². The normalized spacial score (nSPS) is 18.6. The minimum atomic E-state index is -0.174. The van der Waals surface area contributed by atoms with E-state index < -0.39 is 0 Å². The number of hydrogen-bond acceptors (Lipinski definition) is 3. The molecule has 1 atom stereocenters. The van der Waals surface area contributed by atoms with Gasteiger partial charge in [0.2, 0.25) is 0 Å². The third-order valence-corrected chi connectivity index (χ3v) is 3.04. The van der Waals surface area contributed by atoms with Gasteiger partial charge in [-0.05, 0) is 37.1 Å². The quantitative estimate of drug-likeness (QED) is 0.642. The highest BCUT2D eigenvalue weighted by molar-refractivity contribution is 5.73. The number of urea groups is 1. The Morgan fingerprint density at radius 3 is 3.06 bits per heavy atom. The predicted octanol–water partition coefficient (Wildman–Crippen LogP) is 0.943. The van der Waals surface area contributed by atoms with E-state index in [1.54, 1.807) is 18.2 Å². The molecule has 98 valence electrons. The zero-order chi connectivity index (χ0) is 12.8. The molecule has 1 aromatic carbocycles. The lowest BCUT2D eigenvalue weighted by Crippen LogP contribution is -2.42. The summed E-state index contributed by atoms with van der Waals surface area (Å²) in [5.74, 6) is 0.213. The molecule has 18 heavy (non-hydrogen) atoms. The second kappa shape index (κ2) is 6.26. The first-order chi connectivity index (χ1) is 8.74. The van der Waals surface area contributed by atoms with Gasteiger partial charge in [-0.15, -0.1) is 0 Å². The van der Waals surface area contributed by atoms with Gasteiger partial charge in [0.1, 0.15) is 5.75 Å². The van der Waals surface area contributed by atoms with Crippen LogP contribution in [0.25, 0.3) is 0 Å². The van der Waals surface area contributed by atoms with Gasteiger partial charge in [-0.2, -0.15) is 0 Å². The molecular weight excluding hydrogens is 230 g/mol. The zero-order valence-corrected chi connectivity index (χ0v) is 10.3. The van der Waals surface area contributed by atoms with Crippen LogP contribution in [0.2, 0.25) is 0 Å². The van der Waals surface area contributed by atoms with Crippen LogP contribution >= 0.6 is 0 Å². The number of carbonyl (C=O) groups excluding carboxylic acids is 1. The van der Waals surface area contributed by atoms with E-state index in [0.717, 1.165) is 18.5 Å². The molecule has 1 aliphatic rings. The van der Waals surface area contributed by atoms with Crippen LogP contribution < -0.4 is 16.0 Å². The van der Waals surface area contributed by atoms with Gasteiger partial charge in [0.05, 0.1) is 0 Å². The largest absolute Gasteiger partial charge is 0.508 e. The van der Waals surface area contributed by atoms with Crippen molar-refractivity contribution in [1.29, 1.82) is 0 Å². The smallest absolute Gasteiger partial charge is 0.315 e.